The quantitative estimate of drug-likeness (QED) is 0.426. The van der Waals surface area contributed by atoms with E-state index in [4.69, 9.17) is 15.0 Å². The van der Waals surface area contributed by atoms with Gasteiger partial charge in [-0.2, -0.15) is 8.42 Å². The number of carbonyl (C=O) groups is 1. The molecule has 2 aromatic carbocycles. The van der Waals surface area contributed by atoms with Crippen molar-refractivity contribution in [2.24, 2.45) is 5.73 Å². The number of benzene rings is 2. The summed E-state index contributed by atoms with van der Waals surface area (Å²) in [6.07, 6.45) is 2.73. The average molecular weight is 473 g/mol. The summed E-state index contributed by atoms with van der Waals surface area (Å²) in [7, 11) is -4.05. The standard InChI is InChI=1S/C23H28N4O5S/c24-8-7-18-14-25-22-6-5-20(13-21(18)22)32-15-23(28)27-11-9-26(10-12-27)19-3-1-17(2-4-19)16-33(29,30)31/h1-6,13-14,25H,7-12,15-16,24H2,(H,29,30,31). The smallest absolute Gasteiger partial charge is 0.269 e. The lowest BCUT2D eigenvalue weighted by Gasteiger charge is -2.36. The molecule has 1 fully saturated rings. The Hall–Kier alpha value is -3.08. The highest BCUT2D eigenvalue weighted by Gasteiger charge is 2.22. The highest BCUT2D eigenvalue weighted by molar-refractivity contribution is 7.85. The molecule has 2 heterocycles. The first-order valence-electron chi connectivity index (χ1n) is 10.8. The number of hydrogen-bond donors (Lipinski definition) is 3. The average Bonchev–Trinajstić information content (AvgIpc) is 3.19. The fraction of sp³-hybridized carbons (Fsp3) is 0.348. The monoisotopic (exact) mass is 472 g/mol. The molecule has 0 saturated carbocycles. The minimum atomic E-state index is -4.05. The number of hydrogen-bond acceptors (Lipinski definition) is 6. The van der Waals surface area contributed by atoms with E-state index in [0.29, 0.717) is 44.0 Å². The number of fused-ring (bicyclic) bond motifs is 1. The number of aromatic nitrogens is 1. The molecule has 0 unspecified atom stereocenters. The minimum Gasteiger partial charge on any atom is -0.484 e. The van der Waals surface area contributed by atoms with Crippen molar-refractivity contribution in [1.82, 2.24) is 9.88 Å². The lowest BCUT2D eigenvalue weighted by molar-refractivity contribution is -0.133. The van der Waals surface area contributed by atoms with Crippen LogP contribution in [0.25, 0.3) is 10.9 Å². The van der Waals surface area contributed by atoms with Crippen molar-refractivity contribution in [1.29, 1.82) is 0 Å². The summed E-state index contributed by atoms with van der Waals surface area (Å²) >= 11 is 0. The fourth-order valence-corrected chi connectivity index (χ4v) is 4.69. The second-order valence-electron chi connectivity index (χ2n) is 8.11. The Kier molecular flexibility index (Phi) is 6.87. The Bertz CT molecular complexity index is 1220. The number of carbonyl (C=O) groups excluding carboxylic acids is 1. The van der Waals surface area contributed by atoms with Gasteiger partial charge >= 0.3 is 0 Å². The summed E-state index contributed by atoms with van der Waals surface area (Å²) in [4.78, 5) is 19.8. The zero-order chi connectivity index (χ0) is 23.4. The van der Waals surface area contributed by atoms with Crippen molar-refractivity contribution in [3.05, 3.63) is 59.8 Å². The Balaban J connectivity index is 1.29. The Morgan fingerprint density at radius 2 is 1.82 bits per heavy atom. The largest absolute Gasteiger partial charge is 0.484 e. The number of anilines is 1. The minimum absolute atomic E-state index is 0.0213. The number of H-pyrrole nitrogens is 1. The molecule has 3 aromatic rings. The van der Waals surface area contributed by atoms with Gasteiger partial charge in [-0.05, 0) is 54.4 Å². The molecule has 33 heavy (non-hydrogen) atoms. The van der Waals surface area contributed by atoms with E-state index in [1.54, 1.807) is 17.0 Å². The molecule has 0 spiro atoms. The lowest BCUT2D eigenvalue weighted by atomic mass is 10.1. The number of aromatic amines is 1. The Labute approximate surface area is 192 Å². The third-order valence-corrected chi connectivity index (χ3v) is 6.50. The second kappa shape index (κ2) is 9.82. The molecule has 10 heteroatoms. The zero-order valence-electron chi connectivity index (χ0n) is 18.2. The predicted octanol–water partition coefficient (Wildman–Crippen LogP) is 1.78. The van der Waals surface area contributed by atoms with Crippen LogP contribution in [0.1, 0.15) is 11.1 Å². The topological polar surface area (TPSA) is 129 Å². The van der Waals surface area contributed by atoms with Crippen LogP contribution in [0.5, 0.6) is 5.75 Å². The molecule has 1 aliphatic rings. The first kappa shape index (κ1) is 23.1. The van der Waals surface area contributed by atoms with E-state index in [2.05, 4.69) is 9.88 Å². The summed E-state index contributed by atoms with van der Waals surface area (Å²) in [6.45, 7) is 3.03. The molecule has 0 aliphatic carbocycles. The number of nitrogens with two attached hydrogens (primary N) is 1. The first-order valence-corrected chi connectivity index (χ1v) is 12.4. The van der Waals surface area contributed by atoms with E-state index in [9.17, 15) is 13.2 Å². The molecule has 1 amide bonds. The van der Waals surface area contributed by atoms with Crippen LogP contribution in [-0.4, -0.2) is 68.1 Å². The van der Waals surface area contributed by atoms with Crippen molar-refractivity contribution >= 4 is 32.6 Å². The fourth-order valence-electron chi connectivity index (χ4n) is 4.07. The van der Waals surface area contributed by atoms with Gasteiger partial charge in [0.25, 0.3) is 16.0 Å². The van der Waals surface area contributed by atoms with Gasteiger partial charge in [-0.25, -0.2) is 0 Å². The number of nitrogens with zero attached hydrogens (tertiary/aromatic N) is 2. The van der Waals surface area contributed by atoms with Crippen molar-refractivity contribution in [3.63, 3.8) is 0 Å². The van der Waals surface area contributed by atoms with Gasteiger partial charge in [0.15, 0.2) is 6.61 Å². The number of rotatable bonds is 8. The van der Waals surface area contributed by atoms with Crippen LogP contribution < -0.4 is 15.4 Å². The van der Waals surface area contributed by atoms with Crippen molar-refractivity contribution < 1.29 is 22.5 Å². The van der Waals surface area contributed by atoms with E-state index < -0.39 is 15.9 Å². The van der Waals surface area contributed by atoms with Crippen LogP contribution in [0, 0.1) is 0 Å². The Morgan fingerprint density at radius 1 is 1.09 bits per heavy atom. The summed E-state index contributed by atoms with van der Waals surface area (Å²) in [5.74, 6) is 0.188. The molecule has 0 atom stereocenters. The van der Waals surface area contributed by atoms with Crippen LogP contribution in [0.2, 0.25) is 0 Å². The molecular weight excluding hydrogens is 444 g/mol. The van der Waals surface area contributed by atoms with Gasteiger partial charge in [-0.3, -0.25) is 9.35 Å². The van der Waals surface area contributed by atoms with Gasteiger partial charge in [0.2, 0.25) is 0 Å². The SMILES string of the molecule is NCCc1c[nH]c2ccc(OCC(=O)N3CCN(c4ccc(CS(=O)(=O)O)cc4)CC3)cc12. The molecule has 176 valence electrons. The summed E-state index contributed by atoms with van der Waals surface area (Å²) in [5, 5.41) is 1.06. The first-order chi connectivity index (χ1) is 15.8. The molecule has 1 aromatic heterocycles. The van der Waals surface area contributed by atoms with Gasteiger partial charge < -0.3 is 25.3 Å². The van der Waals surface area contributed by atoms with E-state index in [0.717, 1.165) is 28.6 Å². The maximum atomic E-state index is 12.7. The molecule has 0 bridgehead atoms. The summed E-state index contributed by atoms with van der Waals surface area (Å²) in [5.41, 5.74) is 9.30. The predicted molar refractivity (Wildman–Crippen MR) is 127 cm³/mol. The van der Waals surface area contributed by atoms with E-state index >= 15 is 0 Å². The van der Waals surface area contributed by atoms with Crippen molar-refractivity contribution in [3.8, 4) is 5.75 Å². The molecule has 4 N–H and O–H groups in total. The van der Waals surface area contributed by atoms with Crippen LogP contribution in [0.15, 0.2) is 48.7 Å². The normalized spacial score (nSPS) is 14.6. The molecule has 9 nitrogen and oxygen atoms in total. The molecule has 0 radical (unpaired) electrons. The maximum absolute atomic E-state index is 12.7. The number of amides is 1. The van der Waals surface area contributed by atoms with E-state index in [-0.39, 0.29) is 12.5 Å². The van der Waals surface area contributed by atoms with Gasteiger partial charge in [0.1, 0.15) is 11.5 Å². The lowest BCUT2D eigenvalue weighted by Crippen LogP contribution is -2.50. The number of nitrogens with one attached hydrogen (secondary N) is 1. The van der Waals surface area contributed by atoms with Gasteiger partial charge in [0.05, 0.1) is 0 Å². The van der Waals surface area contributed by atoms with E-state index in [1.807, 2.05) is 36.5 Å². The third-order valence-electron chi connectivity index (χ3n) is 5.80. The maximum Gasteiger partial charge on any atom is 0.269 e. The Morgan fingerprint density at radius 3 is 2.48 bits per heavy atom. The van der Waals surface area contributed by atoms with Crippen LogP contribution in [0.3, 0.4) is 0 Å². The summed E-state index contributed by atoms with van der Waals surface area (Å²) < 4.78 is 36.8. The van der Waals surface area contributed by atoms with Gasteiger partial charge in [-0.1, -0.05) is 12.1 Å². The van der Waals surface area contributed by atoms with Crippen LogP contribution in [-0.2, 0) is 27.1 Å². The third kappa shape index (κ3) is 5.84. The highest BCUT2D eigenvalue weighted by Crippen LogP contribution is 2.24. The number of piperazine rings is 1. The summed E-state index contributed by atoms with van der Waals surface area (Å²) in [6, 6.07) is 12.8. The highest BCUT2D eigenvalue weighted by atomic mass is 32.2. The van der Waals surface area contributed by atoms with Crippen molar-refractivity contribution in [2.45, 2.75) is 12.2 Å². The molecule has 4 rings (SSSR count). The molecule has 1 aliphatic heterocycles. The zero-order valence-corrected chi connectivity index (χ0v) is 19.1. The van der Waals surface area contributed by atoms with Gasteiger partial charge in [0, 0.05) is 49.0 Å². The molecular formula is C23H28N4O5S. The van der Waals surface area contributed by atoms with E-state index in [1.165, 1.54) is 0 Å². The molecule has 1 saturated heterocycles. The van der Waals surface area contributed by atoms with Gasteiger partial charge in [-0.15, -0.1) is 0 Å². The number of ether oxygens (including phenoxy) is 1. The van der Waals surface area contributed by atoms with Crippen LogP contribution in [0.4, 0.5) is 5.69 Å². The van der Waals surface area contributed by atoms with Crippen LogP contribution >= 0.6 is 0 Å². The second-order valence-corrected chi connectivity index (χ2v) is 9.56. The van der Waals surface area contributed by atoms with Crippen molar-refractivity contribution in [2.75, 3.05) is 44.2 Å².